The van der Waals surface area contributed by atoms with Crippen molar-refractivity contribution in [2.24, 2.45) is 5.92 Å². The number of benzene rings is 1. The molecule has 0 heterocycles. The van der Waals surface area contributed by atoms with Gasteiger partial charge >= 0.3 is 5.97 Å². The van der Waals surface area contributed by atoms with E-state index in [4.69, 9.17) is 16.3 Å². The number of carbonyl (C=O) groups is 1. The highest BCUT2D eigenvalue weighted by molar-refractivity contribution is 6.30. The first-order chi connectivity index (χ1) is 8.11. The number of halogens is 1. The normalized spacial score (nSPS) is 16.4. The van der Waals surface area contributed by atoms with Gasteiger partial charge in [0.1, 0.15) is 6.04 Å². The van der Waals surface area contributed by atoms with E-state index in [2.05, 4.69) is 5.32 Å². The van der Waals surface area contributed by atoms with Gasteiger partial charge in [0.15, 0.2) is 0 Å². The highest BCUT2D eigenvalue weighted by Gasteiger charge is 2.37. The van der Waals surface area contributed by atoms with Crippen molar-refractivity contribution in [3.63, 3.8) is 0 Å². The first kappa shape index (κ1) is 12.2. The molecule has 0 amide bonds. The number of anilines is 1. The zero-order chi connectivity index (χ0) is 12.4. The summed E-state index contributed by atoms with van der Waals surface area (Å²) in [5, 5.41) is 3.91. The molecule has 1 aliphatic rings. The molecule has 1 fully saturated rings. The standard InChI is InChI=1S/C13H16ClNO2/c1-8-3-6-10(14)7-11(8)15-12(9-4-5-9)13(16)17-2/h3,6-7,9,12,15H,4-5H2,1-2H3. The van der Waals surface area contributed by atoms with E-state index < -0.39 is 0 Å². The molecule has 1 aliphatic carbocycles. The third kappa shape index (κ3) is 2.91. The lowest BCUT2D eigenvalue weighted by atomic mass is 10.1. The Morgan fingerprint density at radius 1 is 1.53 bits per heavy atom. The molecule has 0 spiro atoms. The van der Waals surface area contributed by atoms with Crippen LogP contribution in [0.5, 0.6) is 0 Å². The molecule has 0 aliphatic heterocycles. The second kappa shape index (κ2) is 4.96. The highest BCUT2D eigenvalue weighted by Crippen LogP contribution is 2.35. The van der Waals surface area contributed by atoms with Crippen molar-refractivity contribution < 1.29 is 9.53 Å². The summed E-state index contributed by atoms with van der Waals surface area (Å²) in [4.78, 5) is 11.7. The predicted octanol–water partition coefficient (Wildman–Crippen LogP) is 3.01. The van der Waals surface area contributed by atoms with Gasteiger partial charge < -0.3 is 10.1 Å². The van der Waals surface area contributed by atoms with Gasteiger partial charge in [0, 0.05) is 10.7 Å². The van der Waals surface area contributed by atoms with Crippen LogP contribution >= 0.6 is 11.6 Å². The number of hydrogen-bond acceptors (Lipinski definition) is 3. The molecule has 1 aromatic carbocycles. The monoisotopic (exact) mass is 253 g/mol. The Morgan fingerprint density at radius 3 is 2.82 bits per heavy atom. The van der Waals surface area contributed by atoms with Crippen LogP contribution in [-0.2, 0) is 9.53 Å². The minimum atomic E-state index is -0.253. The maximum absolute atomic E-state index is 11.7. The Kier molecular flexibility index (Phi) is 3.57. The van der Waals surface area contributed by atoms with Gasteiger partial charge in [-0.05, 0) is 43.4 Å². The van der Waals surface area contributed by atoms with E-state index in [-0.39, 0.29) is 12.0 Å². The minimum absolute atomic E-state index is 0.202. The van der Waals surface area contributed by atoms with Gasteiger partial charge in [0.25, 0.3) is 0 Å². The molecule has 1 N–H and O–H groups in total. The van der Waals surface area contributed by atoms with E-state index in [1.807, 2.05) is 25.1 Å². The van der Waals surface area contributed by atoms with Crippen LogP contribution in [0.1, 0.15) is 18.4 Å². The molecule has 1 aromatic rings. The topological polar surface area (TPSA) is 38.3 Å². The lowest BCUT2D eigenvalue weighted by Crippen LogP contribution is -2.32. The molecule has 92 valence electrons. The quantitative estimate of drug-likeness (QED) is 0.839. The summed E-state index contributed by atoms with van der Waals surface area (Å²) in [6.07, 6.45) is 2.15. The van der Waals surface area contributed by atoms with Crippen molar-refractivity contribution in [3.05, 3.63) is 28.8 Å². The van der Waals surface area contributed by atoms with Crippen molar-refractivity contribution in [3.8, 4) is 0 Å². The molecule has 17 heavy (non-hydrogen) atoms. The predicted molar refractivity (Wildman–Crippen MR) is 68.3 cm³/mol. The van der Waals surface area contributed by atoms with Crippen LogP contribution in [-0.4, -0.2) is 19.1 Å². The third-order valence-electron chi connectivity index (χ3n) is 3.06. The number of aryl methyl sites for hydroxylation is 1. The maximum atomic E-state index is 11.7. The molecule has 0 radical (unpaired) electrons. The number of methoxy groups -OCH3 is 1. The zero-order valence-corrected chi connectivity index (χ0v) is 10.8. The van der Waals surface area contributed by atoms with E-state index in [0.29, 0.717) is 10.9 Å². The van der Waals surface area contributed by atoms with Crippen LogP contribution < -0.4 is 5.32 Å². The van der Waals surface area contributed by atoms with Gasteiger partial charge in [-0.3, -0.25) is 0 Å². The fourth-order valence-corrected chi connectivity index (χ4v) is 2.02. The Bertz CT molecular complexity index is 429. The smallest absolute Gasteiger partial charge is 0.328 e. The van der Waals surface area contributed by atoms with E-state index >= 15 is 0 Å². The summed E-state index contributed by atoms with van der Waals surface area (Å²) in [7, 11) is 1.42. The SMILES string of the molecule is COC(=O)C(Nc1cc(Cl)ccc1C)C1CC1. The highest BCUT2D eigenvalue weighted by atomic mass is 35.5. The van der Waals surface area contributed by atoms with Crippen LogP contribution in [0.4, 0.5) is 5.69 Å². The second-order valence-electron chi connectivity index (χ2n) is 4.44. The number of rotatable bonds is 4. The van der Waals surface area contributed by atoms with Crippen LogP contribution in [0.15, 0.2) is 18.2 Å². The van der Waals surface area contributed by atoms with E-state index in [1.54, 1.807) is 0 Å². The molecular formula is C13H16ClNO2. The van der Waals surface area contributed by atoms with Gasteiger partial charge in [-0.1, -0.05) is 17.7 Å². The van der Waals surface area contributed by atoms with Crippen molar-refractivity contribution in [1.29, 1.82) is 0 Å². The molecule has 0 saturated heterocycles. The Balaban J connectivity index is 2.16. The van der Waals surface area contributed by atoms with Crippen LogP contribution in [0, 0.1) is 12.8 Å². The Hall–Kier alpha value is -1.22. The molecule has 3 nitrogen and oxygen atoms in total. The zero-order valence-electron chi connectivity index (χ0n) is 10.00. The number of ether oxygens (including phenoxy) is 1. The summed E-state index contributed by atoms with van der Waals surface area (Å²) in [6.45, 7) is 1.99. The van der Waals surface area contributed by atoms with E-state index in [9.17, 15) is 4.79 Å². The van der Waals surface area contributed by atoms with Crippen LogP contribution in [0.25, 0.3) is 0 Å². The molecule has 0 bridgehead atoms. The minimum Gasteiger partial charge on any atom is -0.467 e. The van der Waals surface area contributed by atoms with E-state index in [1.165, 1.54) is 7.11 Å². The van der Waals surface area contributed by atoms with Gasteiger partial charge in [-0.25, -0.2) is 4.79 Å². The summed E-state index contributed by atoms with van der Waals surface area (Å²) < 4.78 is 4.82. The average molecular weight is 254 g/mol. The van der Waals surface area contributed by atoms with Crippen LogP contribution in [0.3, 0.4) is 0 Å². The van der Waals surface area contributed by atoms with Gasteiger partial charge in [0.2, 0.25) is 0 Å². The van der Waals surface area contributed by atoms with Crippen molar-refractivity contribution in [2.75, 3.05) is 12.4 Å². The average Bonchev–Trinajstić information content (AvgIpc) is 3.13. The van der Waals surface area contributed by atoms with Gasteiger partial charge in [0.05, 0.1) is 7.11 Å². The van der Waals surface area contributed by atoms with Crippen LogP contribution in [0.2, 0.25) is 5.02 Å². The molecule has 1 unspecified atom stereocenters. The Labute approximate surface area is 106 Å². The molecule has 0 aromatic heterocycles. The van der Waals surface area contributed by atoms with Gasteiger partial charge in [-0.2, -0.15) is 0 Å². The van der Waals surface area contributed by atoms with Crippen molar-refractivity contribution >= 4 is 23.3 Å². The lowest BCUT2D eigenvalue weighted by Gasteiger charge is -2.18. The van der Waals surface area contributed by atoms with Gasteiger partial charge in [-0.15, -0.1) is 0 Å². The number of hydrogen-bond donors (Lipinski definition) is 1. The number of carbonyl (C=O) groups excluding carboxylic acids is 1. The first-order valence-corrected chi connectivity index (χ1v) is 6.10. The van der Waals surface area contributed by atoms with E-state index in [0.717, 1.165) is 24.1 Å². The summed E-state index contributed by atoms with van der Waals surface area (Å²) in [6, 6.07) is 5.37. The number of esters is 1. The van der Waals surface area contributed by atoms with Crippen molar-refractivity contribution in [2.45, 2.75) is 25.8 Å². The lowest BCUT2D eigenvalue weighted by molar-refractivity contribution is -0.142. The third-order valence-corrected chi connectivity index (χ3v) is 3.29. The fraction of sp³-hybridized carbons (Fsp3) is 0.462. The summed E-state index contributed by atoms with van der Waals surface area (Å²) in [5.41, 5.74) is 1.98. The Morgan fingerprint density at radius 2 is 2.24 bits per heavy atom. The molecule has 2 rings (SSSR count). The molecule has 1 saturated carbocycles. The molecular weight excluding hydrogens is 238 g/mol. The largest absolute Gasteiger partial charge is 0.467 e. The first-order valence-electron chi connectivity index (χ1n) is 5.72. The molecule has 4 heteroatoms. The second-order valence-corrected chi connectivity index (χ2v) is 4.88. The fourth-order valence-electron chi connectivity index (χ4n) is 1.84. The summed E-state index contributed by atoms with van der Waals surface area (Å²) in [5.74, 6) is 0.188. The molecule has 1 atom stereocenters. The number of nitrogens with one attached hydrogen (secondary N) is 1. The summed E-state index contributed by atoms with van der Waals surface area (Å²) >= 11 is 5.95. The maximum Gasteiger partial charge on any atom is 0.328 e. The van der Waals surface area contributed by atoms with Crippen molar-refractivity contribution in [1.82, 2.24) is 0 Å².